The predicted molar refractivity (Wildman–Crippen MR) is 77.9 cm³/mol. The largest absolute Gasteiger partial charge is 0.462 e. The molecule has 0 aromatic heterocycles. The molecule has 1 aromatic rings. The number of halogens is 2. The summed E-state index contributed by atoms with van der Waals surface area (Å²) in [5.74, 6) is -0.451. The van der Waals surface area contributed by atoms with Crippen LogP contribution >= 0.6 is 22.6 Å². The molecule has 0 aliphatic carbocycles. The molecule has 4 heteroatoms. The Morgan fingerprint density at radius 3 is 2.72 bits per heavy atom. The van der Waals surface area contributed by atoms with E-state index >= 15 is 0 Å². The van der Waals surface area contributed by atoms with Crippen molar-refractivity contribution in [3.63, 3.8) is 0 Å². The molecule has 0 spiro atoms. The zero-order chi connectivity index (χ0) is 13.7. The maximum absolute atomic E-state index is 14.1. The van der Waals surface area contributed by atoms with Crippen LogP contribution in [0.2, 0.25) is 0 Å². The molecule has 0 aliphatic heterocycles. The molecule has 1 atom stereocenters. The third kappa shape index (κ3) is 4.40. The Labute approximate surface area is 120 Å². The third-order valence-corrected chi connectivity index (χ3v) is 2.93. The van der Waals surface area contributed by atoms with Crippen LogP contribution in [0.15, 0.2) is 36.4 Å². The first-order valence-electron chi connectivity index (χ1n) is 5.67. The number of esters is 1. The first-order chi connectivity index (χ1) is 8.41. The van der Waals surface area contributed by atoms with E-state index in [0.29, 0.717) is 5.56 Å². The SMILES string of the molecule is C=C(C(=O)OCC(C)C)C(F)c1cccc(I)c1. The normalized spacial score (nSPS) is 12.3. The minimum atomic E-state index is -1.51. The van der Waals surface area contributed by atoms with Gasteiger partial charge in [0.15, 0.2) is 6.17 Å². The summed E-state index contributed by atoms with van der Waals surface area (Å²) < 4.78 is 20.0. The predicted octanol–water partition coefficient (Wildman–Crippen LogP) is 4.06. The van der Waals surface area contributed by atoms with E-state index in [1.807, 2.05) is 19.9 Å². The fourth-order valence-electron chi connectivity index (χ4n) is 1.30. The number of rotatable bonds is 5. The van der Waals surface area contributed by atoms with E-state index in [4.69, 9.17) is 4.74 Å². The second-order valence-corrected chi connectivity index (χ2v) is 5.68. The van der Waals surface area contributed by atoms with Crippen molar-refractivity contribution in [2.75, 3.05) is 6.61 Å². The van der Waals surface area contributed by atoms with Gasteiger partial charge in [-0.05, 0) is 46.2 Å². The Morgan fingerprint density at radius 1 is 1.50 bits per heavy atom. The highest BCUT2D eigenvalue weighted by molar-refractivity contribution is 14.1. The van der Waals surface area contributed by atoms with Gasteiger partial charge in [-0.2, -0.15) is 0 Å². The number of carbonyl (C=O) groups is 1. The number of carbonyl (C=O) groups excluding carboxylic acids is 1. The Morgan fingerprint density at radius 2 is 2.17 bits per heavy atom. The highest BCUT2D eigenvalue weighted by atomic mass is 127. The number of hydrogen-bond acceptors (Lipinski definition) is 2. The second kappa shape index (κ2) is 6.87. The van der Waals surface area contributed by atoms with Crippen molar-refractivity contribution in [1.29, 1.82) is 0 Å². The van der Waals surface area contributed by atoms with E-state index in [0.717, 1.165) is 3.57 Å². The van der Waals surface area contributed by atoms with Crippen molar-refractivity contribution in [3.8, 4) is 0 Å². The monoisotopic (exact) mass is 362 g/mol. The summed E-state index contributed by atoms with van der Waals surface area (Å²) in [6.45, 7) is 7.60. The standard InChI is InChI=1S/C14H16FIO2/c1-9(2)8-18-14(17)10(3)13(15)11-5-4-6-12(16)7-11/h4-7,9,13H,3,8H2,1-2H3. The summed E-state index contributed by atoms with van der Waals surface area (Å²) in [7, 11) is 0. The maximum atomic E-state index is 14.1. The lowest BCUT2D eigenvalue weighted by Gasteiger charge is -2.13. The quantitative estimate of drug-likeness (QED) is 0.449. The molecule has 0 amide bonds. The van der Waals surface area contributed by atoms with E-state index in [-0.39, 0.29) is 18.1 Å². The Kier molecular flexibility index (Phi) is 5.78. The Hall–Kier alpha value is -0.910. The van der Waals surface area contributed by atoms with Crippen LogP contribution in [-0.2, 0) is 9.53 Å². The summed E-state index contributed by atoms with van der Waals surface area (Å²) >= 11 is 2.09. The van der Waals surface area contributed by atoms with Crippen LogP contribution in [0, 0.1) is 9.49 Å². The van der Waals surface area contributed by atoms with Crippen molar-refractivity contribution in [1.82, 2.24) is 0 Å². The van der Waals surface area contributed by atoms with Crippen molar-refractivity contribution in [3.05, 3.63) is 45.6 Å². The molecule has 0 saturated heterocycles. The third-order valence-electron chi connectivity index (χ3n) is 2.26. The van der Waals surface area contributed by atoms with E-state index in [1.54, 1.807) is 18.2 Å². The van der Waals surface area contributed by atoms with Crippen LogP contribution < -0.4 is 0 Å². The average molecular weight is 362 g/mol. The first kappa shape index (κ1) is 15.1. The molecule has 98 valence electrons. The summed E-state index contributed by atoms with van der Waals surface area (Å²) in [5, 5.41) is 0. The molecule has 0 heterocycles. The minimum Gasteiger partial charge on any atom is -0.462 e. The van der Waals surface area contributed by atoms with Gasteiger partial charge in [0, 0.05) is 3.57 Å². The van der Waals surface area contributed by atoms with Gasteiger partial charge in [0.25, 0.3) is 0 Å². The lowest BCUT2D eigenvalue weighted by atomic mass is 10.0. The summed E-state index contributed by atoms with van der Waals surface area (Å²) in [4.78, 5) is 11.6. The Balaban J connectivity index is 2.69. The van der Waals surface area contributed by atoms with Gasteiger partial charge in [-0.3, -0.25) is 0 Å². The van der Waals surface area contributed by atoms with Gasteiger partial charge in [-0.1, -0.05) is 32.6 Å². The topological polar surface area (TPSA) is 26.3 Å². The zero-order valence-electron chi connectivity index (χ0n) is 10.5. The molecular formula is C14H16FIO2. The van der Waals surface area contributed by atoms with Gasteiger partial charge in [0.2, 0.25) is 0 Å². The van der Waals surface area contributed by atoms with Crippen molar-refractivity contribution < 1.29 is 13.9 Å². The van der Waals surface area contributed by atoms with Crippen LogP contribution in [0.3, 0.4) is 0 Å². The molecule has 0 N–H and O–H groups in total. The molecule has 1 rings (SSSR count). The molecule has 0 bridgehead atoms. The molecule has 0 radical (unpaired) electrons. The number of alkyl halides is 1. The molecule has 0 fully saturated rings. The van der Waals surface area contributed by atoms with Gasteiger partial charge >= 0.3 is 5.97 Å². The molecule has 2 nitrogen and oxygen atoms in total. The molecule has 0 aliphatic rings. The van der Waals surface area contributed by atoms with Crippen molar-refractivity contribution >= 4 is 28.6 Å². The first-order valence-corrected chi connectivity index (χ1v) is 6.75. The summed E-state index contributed by atoms with van der Waals surface area (Å²) in [6, 6.07) is 6.92. The van der Waals surface area contributed by atoms with Gasteiger partial charge in [0.05, 0.1) is 12.2 Å². The molecular weight excluding hydrogens is 346 g/mol. The van der Waals surface area contributed by atoms with E-state index in [1.165, 1.54) is 0 Å². The lowest BCUT2D eigenvalue weighted by molar-refractivity contribution is -0.140. The molecule has 1 aromatic carbocycles. The molecule has 18 heavy (non-hydrogen) atoms. The molecule has 0 saturated carbocycles. The Bertz CT molecular complexity index is 443. The van der Waals surface area contributed by atoms with Gasteiger partial charge in [-0.15, -0.1) is 0 Å². The summed E-state index contributed by atoms with van der Waals surface area (Å²) in [6.07, 6.45) is -1.51. The number of ether oxygens (including phenoxy) is 1. The average Bonchev–Trinajstić information content (AvgIpc) is 2.34. The summed E-state index contributed by atoms with van der Waals surface area (Å²) in [5.41, 5.74) is 0.269. The van der Waals surface area contributed by atoms with Crippen LogP contribution in [0.5, 0.6) is 0 Å². The lowest BCUT2D eigenvalue weighted by Crippen LogP contribution is -2.14. The van der Waals surface area contributed by atoms with Crippen LogP contribution in [0.1, 0.15) is 25.6 Å². The fraction of sp³-hybridized carbons (Fsp3) is 0.357. The maximum Gasteiger partial charge on any atom is 0.336 e. The minimum absolute atomic E-state index is 0.155. The van der Waals surface area contributed by atoms with Gasteiger partial charge in [0.1, 0.15) is 0 Å². The van der Waals surface area contributed by atoms with Crippen molar-refractivity contribution in [2.45, 2.75) is 20.0 Å². The van der Waals surface area contributed by atoms with Crippen molar-refractivity contribution in [2.24, 2.45) is 5.92 Å². The van der Waals surface area contributed by atoms with Crippen LogP contribution in [0.4, 0.5) is 4.39 Å². The van der Waals surface area contributed by atoms with E-state index in [9.17, 15) is 9.18 Å². The highest BCUT2D eigenvalue weighted by Crippen LogP contribution is 2.26. The van der Waals surface area contributed by atoms with Crippen LogP contribution in [-0.4, -0.2) is 12.6 Å². The molecule has 1 unspecified atom stereocenters. The fourth-order valence-corrected chi connectivity index (χ4v) is 1.87. The van der Waals surface area contributed by atoms with Gasteiger partial charge in [-0.25, -0.2) is 9.18 Å². The highest BCUT2D eigenvalue weighted by Gasteiger charge is 2.21. The second-order valence-electron chi connectivity index (χ2n) is 4.44. The number of benzene rings is 1. The van der Waals surface area contributed by atoms with Gasteiger partial charge < -0.3 is 4.74 Å². The van der Waals surface area contributed by atoms with Crippen LogP contribution in [0.25, 0.3) is 0 Å². The van der Waals surface area contributed by atoms with E-state index < -0.39 is 12.1 Å². The number of hydrogen-bond donors (Lipinski definition) is 0. The zero-order valence-corrected chi connectivity index (χ0v) is 12.6. The van der Waals surface area contributed by atoms with E-state index in [2.05, 4.69) is 29.2 Å². The smallest absolute Gasteiger partial charge is 0.336 e.